The van der Waals surface area contributed by atoms with E-state index in [1.165, 1.54) is 12.1 Å². The molecule has 0 radical (unpaired) electrons. The summed E-state index contributed by atoms with van der Waals surface area (Å²) >= 11 is 6.25. The Kier molecular flexibility index (Phi) is 6.88. The Balaban J connectivity index is 1.55. The van der Waals surface area contributed by atoms with E-state index < -0.39 is 10.0 Å². The van der Waals surface area contributed by atoms with Gasteiger partial charge in [0.05, 0.1) is 4.90 Å². The van der Waals surface area contributed by atoms with Crippen LogP contribution in [0.5, 0.6) is 0 Å². The molecule has 2 unspecified atom stereocenters. The van der Waals surface area contributed by atoms with Gasteiger partial charge in [-0.15, -0.1) is 11.6 Å². The van der Waals surface area contributed by atoms with E-state index >= 15 is 0 Å². The highest BCUT2D eigenvalue weighted by Crippen LogP contribution is 2.25. The number of benzene rings is 1. The van der Waals surface area contributed by atoms with Crippen molar-refractivity contribution in [1.82, 2.24) is 15.0 Å². The van der Waals surface area contributed by atoms with Gasteiger partial charge in [-0.1, -0.05) is 18.9 Å². The van der Waals surface area contributed by atoms with Crippen LogP contribution in [0.1, 0.15) is 31.2 Å². The molecule has 0 saturated heterocycles. The summed E-state index contributed by atoms with van der Waals surface area (Å²) < 4.78 is 27.8. The standard InChI is InChI=1S/C19H23ClN4O3S/c20-17-5-1-2-6-18(17)24-28(26,27)16-9-7-15(8-10-16)23-19(25)22-13-14-4-3-11-21-12-14/h3-4,7-12,17-18,24H,1-2,5-6,13H2,(H2,22,23,25). The Morgan fingerprint density at radius 1 is 1.14 bits per heavy atom. The third-order valence-electron chi connectivity index (χ3n) is 4.59. The van der Waals surface area contributed by atoms with Crippen LogP contribution in [-0.4, -0.2) is 30.9 Å². The summed E-state index contributed by atoms with van der Waals surface area (Å²) in [6.07, 6.45) is 6.87. The molecule has 2 atom stereocenters. The van der Waals surface area contributed by atoms with Crippen LogP contribution in [0.4, 0.5) is 10.5 Å². The van der Waals surface area contributed by atoms with Crippen molar-refractivity contribution < 1.29 is 13.2 Å². The molecule has 28 heavy (non-hydrogen) atoms. The number of alkyl halides is 1. The molecule has 7 nitrogen and oxygen atoms in total. The third kappa shape index (κ3) is 5.67. The number of rotatable bonds is 6. The first kappa shape index (κ1) is 20.6. The van der Waals surface area contributed by atoms with Gasteiger partial charge in [-0.2, -0.15) is 0 Å². The monoisotopic (exact) mass is 422 g/mol. The van der Waals surface area contributed by atoms with Crippen LogP contribution in [0.3, 0.4) is 0 Å². The number of carbonyl (C=O) groups is 1. The number of carbonyl (C=O) groups excluding carboxylic acids is 1. The van der Waals surface area contributed by atoms with Crippen molar-refractivity contribution in [3.05, 3.63) is 54.4 Å². The Bertz CT molecular complexity index is 891. The average Bonchev–Trinajstić information content (AvgIpc) is 2.69. The minimum atomic E-state index is -3.65. The quantitative estimate of drug-likeness (QED) is 0.622. The number of sulfonamides is 1. The lowest BCUT2D eigenvalue weighted by molar-refractivity contribution is 0.251. The number of nitrogens with zero attached hydrogens (tertiary/aromatic N) is 1. The van der Waals surface area contributed by atoms with Crippen LogP contribution >= 0.6 is 11.6 Å². The zero-order chi connectivity index (χ0) is 20.0. The molecule has 1 aliphatic carbocycles. The molecule has 2 amide bonds. The molecule has 1 saturated carbocycles. The van der Waals surface area contributed by atoms with Gasteiger partial charge in [0.2, 0.25) is 10.0 Å². The van der Waals surface area contributed by atoms with E-state index in [1.54, 1.807) is 30.6 Å². The molecule has 3 rings (SSSR count). The highest BCUT2D eigenvalue weighted by molar-refractivity contribution is 7.89. The lowest BCUT2D eigenvalue weighted by Crippen LogP contribution is -2.42. The summed E-state index contributed by atoms with van der Waals surface area (Å²) in [7, 11) is -3.65. The van der Waals surface area contributed by atoms with Crippen molar-refractivity contribution in [2.45, 2.75) is 48.5 Å². The number of pyridine rings is 1. The maximum atomic E-state index is 12.6. The van der Waals surface area contributed by atoms with Crippen LogP contribution in [0, 0.1) is 0 Å². The van der Waals surface area contributed by atoms with Crippen LogP contribution in [0.25, 0.3) is 0 Å². The second kappa shape index (κ2) is 9.36. The van der Waals surface area contributed by atoms with Gasteiger partial charge in [0.15, 0.2) is 0 Å². The Hall–Kier alpha value is -2.16. The zero-order valence-corrected chi connectivity index (χ0v) is 16.8. The maximum absolute atomic E-state index is 12.6. The number of amides is 2. The van der Waals surface area contributed by atoms with Crippen molar-refractivity contribution in [2.24, 2.45) is 0 Å². The lowest BCUT2D eigenvalue weighted by Gasteiger charge is -2.27. The molecule has 1 aromatic heterocycles. The van der Waals surface area contributed by atoms with Gasteiger partial charge in [-0.05, 0) is 48.7 Å². The van der Waals surface area contributed by atoms with E-state index in [4.69, 9.17) is 11.6 Å². The normalized spacial score (nSPS) is 19.8. The summed E-state index contributed by atoms with van der Waals surface area (Å²) in [5.74, 6) is 0. The van der Waals surface area contributed by atoms with Crippen molar-refractivity contribution in [3.63, 3.8) is 0 Å². The van der Waals surface area contributed by atoms with E-state index in [9.17, 15) is 13.2 Å². The number of nitrogens with one attached hydrogen (secondary N) is 3. The van der Waals surface area contributed by atoms with Crippen LogP contribution < -0.4 is 15.4 Å². The van der Waals surface area contributed by atoms with Gasteiger partial charge in [0, 0.05) is 36.0 Å². The number of hydrogen-bond acceptors (Lipinski definition) is 4. The fourth-order valence-electron chi connectivity index (χ4n) is 3.06. The first-order valence-corrected chi connectivity index (χ1v) is 11.1. The fourth-order valence-corrected chi connectivity index (χ4v) is 4.79. The van der Waals surface area contributed by atoms with Crippen molar-refractivity contribution in [2.75, 3.05) is 5.32 Å². The number of urea groups is 1. The van der Waals surface area contributed by atoms with Crippen LogP contribution in [-0.2, 0) is 16.6 Å². The van der Waals surface area contributed by atoms with Crippen molar-refractivity contribution in [1.29, 1.82) is 0 Å². The second-order valence-corrected chi connectivity index (χ2v) is 9.00. The van der Waals surface area contributed by atoms with Gasteiger partial charge in [-0.25, -0.2) is 17.9 Å². The highest BCUT2D eigenvalue weighted by atomic mass is 35.5. The molecule has 1 heterocycles. The molecule has 0 bridgehead atoms. The second-order valence-electron chi connectivity index (χ2n) is 6.72. The minimum Gasteiger partial charge on any atom is -0.334 e. The van der Waals surface area contributed by atoms with E-state index in [0.717, 1.165) is 31.2 Å². The first-order chi connectivity index (χ1) is 13.4. The van der Waals surface area contributed by atoms with E-state index in [1.807, 2.05) is 6.07 Å². The molecule has 1 aromatic carbocycles. The summed E-state index contributed by atoms with van der Waals surface area (Å²) in [4.78, 5) is 16.1. The highest BCUT2D eigenvalue weighted by Gasteiger charge is 2.28. The number of aromatic nitrogens is 1. The molecule has 0 spiro atoms. The summed E-state index contributed by atoms with van der Waals surface area (Å²) in [6, 6.07) is 9.05. The molecular formula is C19H23ClN4O3S. The first-order valence-electron chi connectivity index (χ1n) is 9.14. The zero-order valence-electron chi connectivity index (χ0n) is 15.3. The summed E-state index contributed by atoms with van der Waals surface area (Å²) in [6.45, 7) is 0.344. The van der Waals surface area contributed by atoms with Gasteiger partial charge in [0.25, 0.3) is 0 Å². The molecule has 1 fully saturated rings. The molecule has 3 N–H and O–H groups in total. The Morgan fingerprint density at radius 2 is 1.89 bits per heavy atom. The maximum Gasteiger partial charge on any atom is 0.319 e. The van der Waals surface area contributed by atoms with Crippen molar-refractivity contribution in [3.8, 4) is 0 Å². The van der Waals surface area contributed by atoms with Crippen molar-refractivity contribution >= 4 is 33.3 Å². The fraction of sp³-hybridized carbons (Fsp3) is 0.368. The summed E-state index contributed by atoms with van der Waals surface area (Å²) in [5, 5.41) is 5.20. The third-order valence-corrected chi connectivity index (χ3v) is 6.61. The molecule has 2 aromatic rings. The number of hydrogen-bond donors (Lipinski definition) is 3. The lowest BCUT2D eigenvalue weighted by atomic mass is 9.96. The predicted octanol–water partition coefficient (Wildman–Crippen LogP) is 3.23. The molecule has 9 heteroatoms. The van der Waals surface area contributed by atoms with Gasteiger partial charge >= 0.3 is 6.03 Å². The van der Waals surface area contributed by atoms with Gasteiger partial charge in [0.1, 0.15) is 0 Å². The number of anilines is 1. The van der Waals surface area contributed by atoms with Gasteiger partial charge in [-0.3, -0.25) is 4.98 Å². The largest absolute Gasteiger partial charge is 0.334 e. The Labute approximate surface area is 169 Å². The minimum absolute atomic E-state index is 0.142. The molecular weight excluding hydrogens is 400 g/mol. The van der Waals surface area contributed by atoms with E-state index in [2.05, 4.69) is 20.3 Å². The van der Waals surface area contributed by atoms with Gasteiger partial charge < -0.3 is 10.6 Å². The topological polar surface area (TPSA) is 100 Å². The van der Waals surface area contributed by atoms with E-state index in [-0.39, 0.29) is 22.3 Å². The Morgan fingerprint density at radius 3 is 2.57 bits per heavy atom. The van der Waals surface area contributed by atoms with Crippen LogP contribution in [0.2, 0.25) is 0 Å². The van der Waals surface area contributed by atoms with Crippen LogP contribution in [0.15, 0.2) is 53.7 Å². The molecule has 0 aliphatic heterocycles. The summed E-state index contributed by atoms with van der Waals surface area (Å²) in [5.41, 5.74) is 1.38. The molecule has 1 aliphatic rings. The predicted molar refractivity (Wildman–Crippen MR) is 109 cm³/mol. The van der Waals surface area contributed by atoms with E-state index in [0.29, 0.717) is 12.2 Å². The average molecular weight is 423 g/mol. The smallest absolute Gasteiger partial charge is 0.319 e. The molecule has 150 valence electrons. The SMILES string of the molecule is O=C(NCc1cccnc1)Nc1ccc(S(=O)(=O)NC2CCCCC2Cl)cc1. The number of halogens is 1.